The summed E-state index contributed by atoms with van der Waals surface area (Å²) in [5.74, 6) is 4.63. The second-order valence-corrected chi connectivity index (χ2v) is 5.86. The zero-order valence-corrected chi connectivity index (χ0v) is 15.1. The second-order valence-electron chi connectivity index (χ2n) is 5.86. The summed E-state index contributed by atoms with van der Waals surface area (Å²) in [5, 5.41) is 12.1. The monoisotopic (exact) mass is 396 g/mol. The van der Waals surface area contributed by atoms with Crippen LogP contribution >= 0.6 is 0 Å². The number of hydrogen-bond acceptors (Lipinski definition) is 4. The molecule has 29 heavy (non-hydrogen) atoms. The minimum absolute atomic E-state index is 0. The molecule has 0 heterocycles. The standard InChI is InChI=1S/C20H20N4O4.CH4/c1-13(25)17(19(27)23-24-20(21)28)22-18(26)16-11-9-15(10-12-16)8-7-14-5-3-2-4-6-14;/h2-6,9-13,17,25H,1H3,(H,22,26)(H,23,27)(H3,21,24,28);1H4/t13-,17+;/m1./s1. The lowest BCUT2D eigenvalue weighted by molar-refractivity contribution is -0.126. The van der Waals surface area contributed by atoms with Gasteiger partial charge in [0.25, 0.3) is 11.8 Å². The van der Waals surface area contributed by atoms with Crippen molar-refractivity contribution in [2.75, 3.05) is 0 Å². The number of hydrogen-bond donors (Lipinski definition) is 5. The molecule has 8 nitrogen and oxygen atoms in total. The number of hydrazine groups is 1. The van der Waals surface area contributed by atoms with E-state index in [1.165, 1.54) is 6.92 Å². The van der Waals surface area contributed by atoms with Gasteiger partial charge in [0.2, 0.25) is 0 Å². The number of aliphatic hydroxyl groups excluding tert-OH is 1. The Hall–Kier alpha value is -3.83. The van der Waals surface area contributed by atoms with Gasteiger partial charge in [0.1, 0.15) is 6.04 Å². The van der Waals surface area contributed by atoms with Crippen LogP contribution in [0.1, 0.15) is 35.8 Å². The second kappa shape index (κ2) is 11.1. The zero-order chi connectivity index (χ0) is 20.5. The van der Waals surface area contributed by atoms with Gasteiger partial charge in [-0.2, -0.15) is 0 Å². The molecule has 0 radical (unpaired) electrons. The summed E-state index contributed by atoms with van der Waals surface area (Å²) in [6.07, 6.45) is -1.20. The highest BCUT2D eigenvalue weighted by atomic mass is 16.3. The molecule has 0 fully saturated rings. The van der Waals surface area contributed by atoms with Crippen LogP contribution in [0.5, 0.6) is 0 Å². The van der Waals surface area contributed by atoms with Crippen molar-refractivity contribution in [1.29, 1.82) is 0 Å². The number of carbonyl (C=O) groups excluding carboxylic acids is 3. The Morgan fingerprint density at radius 3 is 2.00 bits per heavy atom. The lowest BCUT2D eigenvalue weighted by atomic mass is 10.1. The predicted molar refractivity (Wildman–Crippen MR) is 109 cm³/mol. The van der Waals surface area contributed by atoms with E-state index in [1.807, 2.05) is 41.2 Å². The molecule has 0 spiro atoms. The van der Waals surface area contributed by atoms with E-state index < -0.39 is 30.0 Å². The Balaban J connectivity index is 0.00000420. The van der Waals surface area contributed by atoms with Crippen LogP contribution in [0, 0.1) is 11.8 Å². The van der Waals surface area contributed by atoms with Crippen LogP contribution in [0.3, 0.4) is 0 Å². The molecular weight excluding hydrogens is 372 g/mol. The highest BCUT2D eigenvalue weighted by Crippen LogP contribution is 2.05. The van der Waals surface area contributed by atoms with E-state index in [9.17, 15) is 19.5 Å². The number of primary amides is 1. The van der Waals surface area contributed by atoms with Crippen molar-refractivity contribution in [3.05, 3.63) is 71.3 Å². The molecule has 0 saturated carbocycles. The van der Waals surface area contributed by atoms with Gasteiger partial charge in [-0.15, -0.1) is 0 Å². The molecule has 0 aromatic heterocycles. The lowest BCUT2D eigenvalue weighted by Gasteiger charge is -2.20. The van der Waals surface area contributed by atoms with E-state index in [2.05, 4.69) is 17.2 Å². The van der Waals surface area contributed by atoms with Crippen LogP contribution in [0.4, 0.5) is 4.79 Å². The molecule has 152 valence electrons. The maximum Gasteiger partial charge on any atom is 0.330 e. The molecule has 0 aliphatic heterocycles. The summed E-state index contributed by atoms with van der Waals surface area (Å²) in [4.78, 5) is 34.9. The van der Waals surface area contributed by atoms with E-state index >= 15 is 0 Å². The van der Waals surface area contributed by atoms with Crippen molar-refractivity contribution in [3.8, 4) is 11.8 Å². The average Bonchev–Trinajstić information content (AvgIpc) is 2.69. The molecular formula is C21H24N4O4. The third kappa shape index (κ3) is 7.36. The summed E-state index contributed by atoms with van der Waals surface area (Å²) in [7, 11) is 0. The average molecular weight is 396 g/mol. The van der Waals surface area contributed by atoms with Crippen molar-refractivity contribution >= 4 is 17.8 Å². The fourth-order valence-electron chi connectivity index (χ4n) is 2.20. The van der Waals surface area contributed by atoms with Crippen LogP contribution < -0.4 is 21.9 Å². The molecule has 8 heteroatoms. The van der Waals surface area contributed by atoms with Gasteiger partial charge in [-0.05, 0) is 43.3 Å². The normalized spacial score (nSPS) is 11.5. The van der Waals surface area contributed by atoms with Gasteiger partial charge in [-0.25, -0.2) is 10.2 Å². The van der Waals surface area contributed by atoms with Crippen molar-refractivity contribution in [2.24, 2.45) is 5.73 Å². The molecule has 0 saturated heterocycles. The first-order chi connectivity index (χ1) is 13.4. The van der Waals surface area contributed by atoms with E-state index in [1.54, 1.807) is 24.3 Å². The fraction of sp³-hybridized carbons (Fsp3) is 0.190. The van der Waals surface area contributed by atoms with Crippen LogP contribution in [0.15, 0.2) is 54.6 Å². The number of aliphatic hydroxyl groups is 1. The van der Waals surface area contributed by atoms with Gasteiger partial charge < -0.3 is 16.2 Å². The third-order valence-corrected chi connectivity index (χ3v) is 3.63. The molecule has 0 bridgehead atoms. The van der Waals surface area contributed by atoms with E-state index in [0.29, 0.717) is 0 Å². The topological polar surface area (TPSA) is 134 Å². The molecule has 0 aliphatic rings. The molecule has 2 rings (SSSR count). The fourth-order valence-corrected chi connectivity index (χ4v) is 2.20. The van der Waals surface area contributed by atoms with E-state index in [4.69, 9.17) is 5.73 Å². The third-order valence-electron chi connectivity index (χ3n) is 3.63. The molecule has 4 amide bonds. The molecule has 2 atom stereocenters. The summed E-state index contributed by atoms with van der Waals surface area (Å²) in [5.41, 5.74) is 10.6. The first-order valence-electron chi connectivity index (χ1n) is 8.38. The SMILES string of the molecule is C.C[C@@H](O)[C@H](NC(=O)c1ccc(C#Cc2ccccc2)cc1)C(=O)NNC(N)=O. The van der Waals surface area contributed by atoms with Gasteiger partial charge in [0.15, 0.2) is 0 Å². The number of nitrogens with two attached hydrogens (primary N) is 1. The predicted octanol–water partition coefficient (Wildman–Crippen LogP) is 0.901. The zero-order valence-electron chi connectivity index (χ0n) is 15.1. The first kappa shape index (κ1) is 23.2. The van der Waals surface area contributed by atoms with E-state index in [-0.39, 0.29) is 13.0 Å². The number of nitrogens with one attached hydrogen (secondary N) is 3. The number of rotatable bonds is 4. The van der Waals surface area contributed by atoms with E-state index in [0.717, 1.165) is 11.1 Å². The van der Waals surface area contributed by atoms with Gasteiger partial charge in [0, 0.05) is 16.7 Å². The highest BCUT2D eigenvalue weighted by molar-refractivity contribution is 5.98. The number of carbonyl (C=O) groups is 3. The minimum atomic E-state index is -1.28. The van der Waals surface area contributed by atoms with Crippen molar-refractivity contribution in [2.45, 2.75) is 26.5 Å². The Kier molecular flexibility index (Phi) is 8.89. The molecule has 2 aromatic rings. The molecule has 2 aromatic carbocycles. The minimum Gasteiger partial charge on any atom is -0.391 e. The van der Waals surface area contributed by atoms with Crippen LogP contribution in [0.2, 0.25) is 0 Å². The van der Waals surface area contributed by atoms with Crippen molar-refractivity contribution in [1.82, 2.24) is 16.2 Å². The number of amides is 4. The smallest absolute Gasteiger partial charge is 0.330 e. The van der Waals surface area contributed by atoms with Gasteiger partial charge in [0.05, 0.1) is 6.10 Å². The van der Waals surface area contributed by atoms with Crippen LogP contribution in [0.25, 0.3) is 0 Å². The number of urea groups is 1. The Morgan fingerprint density at radius 1 is 0.931 bits per heavy atom. The first-order valence-corrected chi connectivity index (χ1v) is 8.38. The molecule has 0 aliphatic carbocycles. The lowest BCUT2D eigenvalue weighted by Crippen LogP contribution is -2.57. The summed E-state index contributed by atoms with van der Waals surface area (Å²) >= 11 is 0. The largest absolute Gasteiger partial charge is 0.391 e. The Morgan fingerprint density at radius 2 is 1.48 bits per heavy atom. The molecule has 6 N–H and O–H groups in total. The Labute approximate surface area is 169 Å². The maximum atomic E-state index is 12.3. The Bertz CT molecular complexity index is 900. The quantitative estimate of drug-likeness (QED) is 0.388. The van der Waals surface area contributed by atoms with Gasteiger partial charge >= 0.3 is 6.03 Å². The highest BCUT2D eigenvalue weighted by Gasteiger charge is 2.26. The summed E-state index contributed by atoms with van der Waals surface area (Å²) in [6.45, 7) is 1.33. The number of benzene rings is 2. The van der Waals surface area contributed by atoms with Gasteiger partial charge in [-0.1, -0.05) is 37.5 Å². The summed E-state index contributed by atoms with van der Waals surface area (Å²) < 4.78 is 0. The van der Waals surface area contributed by atoms with Gasteiger partial charge in [-0.3, -0.25) is 15.0 Å². The summed E-state index contributed by atoms with van der Waals surface area (Å²) in [6, 6.07) is 13.7. The van der Waals surface area contributed by atoms with Crippen LogP contribution in [-0.4, -0.2) is 35.1 Å². The maximum absolute atomic E-state index is 12.3. The van der Waals surface area contributed by atoms with Crippen LogP contribution in [-0.2, 0) is 4.79 Å². The molecule has 0 unspecified atom stereocenters. The van der Waals surface area contributed by atoms with Crippen molar-refractivity contribution in [3.63, 3.8) is 0 Å². The van der Waals surface area contributed by atoms with Crippen molar-refractivity contribution < 1.29 is 19.5 Å².